The standard InChI is InChI=1S/C18H28O4/c1-12-6-7-13-4-2-3-5-17(13)16(12)9-8-14(19)10-15(20)11-18(21)22/h4,6-7,12,14-17,19-20H,2-3,5,8-11H2,1H3,(H,21,22)/t12-,14+,15+,16-,17-/m0/s1/i1+1D3,2+1,5+1D2,6+1,8+1D,10+1D2,11D2,13+1,16+1/t8?,12-,14+,15+,16-,17-. The second-order valence-corrected chi connectivity index (χ2v) is 5.41. The van der Waals surface area contributed by atoms with Crippen molar-refractivity contribution < 1.29 is 33.8 Å². The highest BCUT2D eigenvalue weighted by molar-refractivity contribution is 5.67. The molecule has 0 aromatic carbocycles. The molecule has 1 unspecified atom stereocenters. The minimum absolute atomic E-state index is 0.128. The van der Waals surface area contributed by atoms with E-state index in [1.165, 1.54) is 6.08 Å². The molecule has 0 heterocycles. The van der Waals surface area contributed by atoms with Crippen molar-refractivity contribution in [2.75, 3.05) is 0 Å². The van der Waals surface area contributed by atoms with Crippen molar-refractivity contribution in [2.45, 2.75) is 63.8 Å². The monoisotopic (exact) mass is 326 g/mol. The van der Waals surface area contributed by atoms with Gasteiger partial charge < -0.3 is 15.3 Å². The fraction of sp³-hybridized carbons (Fsp3) is 0.722. The van der Waals surface area contributed by atoms with E-state index in [0.717, 1.165) is 0 Å². The molecule has 0 fully saturated rings. The first-order chi connectivity index (χ1) is 14.3. The molecule has 0 radical (unpaired) electrons. The molecule has 4 nitrogen and oxygen atoms in total. The molecular weight excluding hydrogens is 288 g/mol. The summed E-state index contributed by atoms with van der Waals surface area (Å²) in [5.74, 6) is -5.23. The minimum Gasteiger partial charge on any atom is -0.481 e. The zero-order valence-corrected chi connectivity index (χ0v) is 12.1. The van der Waals surface area contributed by atoms with Crippen LogP contribution in [-0.2, 0) is 4.79 Å². The first-order valence-corrected chi connectivity index (χ1v) is 7.25. The second-order valence-electron chi connectivity index (χ2n) is 5.41. The summed E-state index contributed by atoms with van der Waals surface area (Å²) in [5.41, 5.74) is 0.568. The Balaban J connectivity index is 2.38. The summed E-state index contributed by atoms with van der Waals surface area (Å²) in [6, 6.07) is 0. The molecule has 22 heavy (non-hydrogen) atoms. The number of allylic oxidation sites excluding steroid dienone is 4. The number of aliphatic carboxylic acids is 1. The van der Waals surface area contributed by atoms with Gasteiger partial charge in [0.05, 0.1) is 18.6 Å². The number of carbonyl (C=O) groups is 1. The van der Waals surface area contributed by atoms with Crippen LogP contribution in [0.1, 0.15) is 65.3 Å². The molecule has 0 saturated heterocycles. The maximum absolute atomic E-state index is 11.1. The third-order valence-electron chi connectivity index (χ3n) is 3.85. The normalized spacial score (nSPS) is 42.6. The topological polar surface area (TPSA) is 77.8 Å². The molecule has 6 atom stereocenters. The highest BCUT2D eigenvalue weighted by Crippen LogP contribution is 2.42. The van der Waals surface area contributed by atoms with Crippen molar-refractivity contribution in [1.29, 1.82) is 0 Å². The lowest BCUT2D eigenvalue weighted by molar-refractivity contribution is -0.139. The van der Waals surface area contributed by atoms with Gasteiger partial charge in [0.1, 0.15) is 0 Å². The number of hydrogen-bond acceptors (Lipinski definition) is 3. The Labute approximate surface area is 146 Å². The van der Waals surface area contributed by atoms with Crippen molar-refractivity contribution in [3.05, 3.63) is 23.8 Å². The second kappa shape index (κ2) is 7.93. The average Bonchev–Trinajstić information content (AvgIpc) is 2.64. The molecule has 0 aromatic rings. The average molecular weight is 326 g/mol. The van der Waals surface area contributed by atoms with Gasteiger partial charge in [-0.05, 0) is 61.7 Å². The van der Waals surface area contributed by atoms with Gasteiger partial charge in [0, 0.05) is 13.7 Å². The van der Waals surface area contributed by atoms with Crippen LogP contribution in [0.2, 0.25) is 0 Å². The van der Waals surface area contributed by atoms with Crippen molar-refractivity contribution in [1.82, 2.24) is 0 Å². The molecule has 0 bridgehead atoms. The van der Waals surface area contributed by atoms with E-state index in [4.69, 9.17) is 18.8 Å². The van der Waals surface area contributed by atoms with Crippen molar-refractivity contribution in [3.63, 3.8) is 0 Å². The van der Waals surface area contributed by atoms with Crippen LogP contribution < -0.4 is 0 Å². The molecule has 2 aliphatic rings. The third-order valence-corrected chi connectivity index (χ3v) is 3.85. The molecule has 3 N–H and O–H groups in total. The van der Waals surface area contributed by atoms with Gasteiger partial charge in [0.15, 0.2) is 0 Å². The number of aliphatic hydroxyl groups excluding tert-OH is 2. The van der Waals surface area contributed by atoms with Gasteiger partial charge in [-0.2, -0.15) is 0 Å². The Bertz CT molecular complexity index is 776. The van der Waals surface area contributed by atoms with Crippen LogP contribution in [0.3, 0.4) is 0 Å². The van der Waals surface area contributed by atoms with Crippen LogP contribution in [0.15, 0.2) is 23.8 Å². The first-order valence-electron chi connectivity index (χ1n) is 12.3. The fourth-order valence-corrected chi connectivity index (χ4v) is 2.81. The van der Waals surface area contributed by atoms with Crippen LogP contribution in [0.5, 0.6) is 0 Å². The SMILES string of the molecule is [2H][13CH](C[13C@H]1[C@@H]([13C]([2H])([2H])[2H])[13CH]=C[13C]2=C[13CH2]C[13C]([2H])([2H])[C@@H]21)[C@@H](O)[13C]([2H])([2H])[C@@H](O)C([2H])([2H])C(=O)O. The minimum atomic E-state index is -3.45. The Morgan fingerprint density at radius 2 is 2.36 bits per heavy atom. The predicted molar refractivity (Wildman–Crippen MR) is 85.3 cm³/mol. The van der Waals surface area contributed by atoms with Gasteiger partial charge in [-0.15, -0.1) is 0 Å². The summed E-state index contributed by atoms with van der Waals surface area (Å²) < 4.78 is 79.2. The highest BCUT2D eigenvalue weighted by atomic mass is 16.4. The lowest BCUT2D eigenvalue weighted by Crippen LogP contribution is -2.29. The van der Waals surface area contributed by atoms with E-state index in [0.29, 0.717) is 12.0 Å². The Morgan fingerprint density at radius 1 is 1.55 bits per heavy atom. The molecule has 0 saturated carbocycles. The summed E-state index contributed by atoms with van der Waals surface area (Å²) in [6.45, 7) is -2.55. The number of carboxylic acid groups (broad SMARTS) is 1. The highest BCUT2D eigenvalue weighted by Gasteiger charge is 2.32. The lowest BCUT2D eigenvalue weighted by atomic mass is 10.1. The smallest absolute Gasteiger partial charge is 0.305 e. The van der Waals surface area contributed by atoms with E-state index in [-0.39, 0.29) is 6.42 Å². The largest absolute Gasteiger partial charge is 0.481 e. The van der Waals surface area contributed by atoms with E-state index < -0.39 is 74.7 Å². The first kappa shape index (κ1) is 8.11. The van der Waals surface area contributed by atoms with Gasteiger partial charge in [-0.1, -0.05) is 25.1 Å². The molecule has 2 rings (SSSR count). The zero-order valence-electron chi connectivity index (χ0n) is 22.1. The van der Waals surface area contributed by atoms with Gasteiger partial charge in [0.25, 0.3) is 0 Å². The Morgan fingerprint density at radius 3 is 3.09 bits per heavy atom. The van der Waals surface area contributed by atoms with E-state index in [1.54, 1.807) is 12.2 Å². The number of carboxylic acids is 1. The van der Waals surface area contributed by atoms with Crippen molar-refractivity contribution >= 4 is 5.97 Å². The lowest BCUT2D eigenvalue weighted by Gasteiger charge is -2.37. The molecule has 0 aliphatic heterocycles. The molecule has 0 spiro atoms. The predicted octanol–water partition coefficient (Wildman–Crippen LogP) is 2.90. The summed E-state index contributed by atoms with van der Waals surface area (Å²) >= 11 is 0. The van der Waals surface area contributed by atoms with Crippen LogP contribution in [0, 0.1) is 17.8 Å². The molecular formula is C18H28O4. The summed E-state index contributed by atoms with van der Waals surface area (Å²) in [5, 5.41) is 29.4. The third kappa shape index (κ3) is 4.68. The Kier molecular flexibility index (Phi) is 2.92. The quantitative estimate of drug-likeness (QED) is 0.629. The maximum atomic E-state index is 11.1. The van der Waals surface area contributed by atoms with E-state index in [1.807, 2.05) is 0 Å². The van der Waals surface area contributed by atoms with E-state index in [9.17, 15) is 15.0 Å². The zero-order chi connectivity index (χ0) is 24.9. The maximum Gasteiger partial charge on any atom is 0.305 e. The van der Waals surface area contributed by atoms with Crippen molar-refractivity contribution in [3.8, 4) is 0 Å². The van der Waals surface area contributed by atoms with E-state index >= 15 is 0 Å². The number of aliphatic hydroxyl groups is 2. The molecule has 0 aromatic heterocycles. The molecule has 2 aliphatic carbocycles. The van der Waals surface area contributed by atoms with Gasteiger partial charge >= 0.3 is 5.97 Å². The summed E-state index contributed by atoms with van der Waals surface area (Å²) in [6.07, 6.45) is -10.6. The fourth-order valence-electron chi connectivity index (χ4n) is 2.81. The Hall–Kier alpha value is -1.13. The molecule has 0 amide bonds. The van der Waals surface area contributed by atoms with Gasteiger partial charge in [0.2, 0.25) is 0 Å². The number of rotatable bonds is 7. The summed E-state index contributed by atoms with van der Waals surface area (Å²) in [7, 11) is 0. The van der Waals surface area contributed by atoms with E-state index in [2.05, 4.69) is 0 Å². The van der Waals surface area contributed by atoms with Gasteiger partial charge in [-0.3, -0.25) is 4.79 Å². The molecule has 124 valence electrons. The summed E-state index contributed by atoms with van der Waals surface area (Å²) in [4.78, 5) is 11.1. The van der Waals surface area contributed by atoms with Crippen molar-refractivity contribution in [2.24, 2.45) is 17.8 Å². The van der Waals surface area contributed by atoms with Crippen LogP contribution >= 0.6 is 0 Å². The van der Waals surface area contributed by atoms with Crippen LogP contribution in [0.25, 0.3) is 0 Å². The van der Waals surface area contributed by atoms with Crippen LogP contribution in [-0.4, -0.2) is 33.5 Å². The van der Waals surface area contributed by atoms with Crippen LogP contribution in [0.4, 0.5) is 0 Å². The molecule has 4 heteroatoms. The number of hydrogen-bond donors (Lipinski definition) is 3. The van der Waals surface area contributed by atoms with Gasteiger partial charge in [-0.25, -0.2) is 0 Å². The number of fused-ring (bicyclic) bond motifs is 1.